The zero-order valence-corrected chi connectivity index (χ0v) is 12.6. The van der Waals surface area contributed by atoms with E-state index in [1.165, 1.54) is 25.7 Å². The highest BCUT2D eigenvalue weighted by Gasteiger charge is 2.25. The Hall–Kier alpha value is -0.560. The summed E-state index contributed by atoms with van der Waals surface area (Å²) in [6, 6.07) is 2.88. The topological polar surface area (TPSA) is 65.1 Å². The van der Waals surface area contributed by atoms with Crippen molar-refractivity contribution < 1.29 is 4.74 Å². The molecule has 1 aliphatic heterocycles. The molecule has 2 unspecified atom stereocenters. The van der Waals surface area contributed by atoms with Gasteiger partial charge in [0.25, 0.3) is 0 Å². The Balaban J connectivity index is 1.60. The van der Waals surface area contributed by atoms with E-state index in [2.05, 4.69) is 22.4 Å². The summed E-state index contributed by atoms with van der Waals surface area (Å²) in [5.41, 5.74) is 4.02. The third kappa shape index (κ3) is 3.36. The van der Waals surface area contributed by atoms with Crippen LogP contribution < -0.4 is 11.3 Å². The van der Waals surface area contributed by atoms with Gasteiger partial charge in [-0.3, -0.25) is 16.0 Å². The second kappa shape index (κ2) is 6.93. The van der Waals surface area contributed by atoms with Gasteiger partial charge in [-0.05, 0) is 18.9 Å². The first kappa shape index (κ1) is 14.4. The van der Waals surface area contributed by atoms with Gasteiger partial charge in [0.05, 0.1) is 30.5 Å². The first-order chi connectivity index (χ1) is 9.86. The second-order valence-electron chi connectivity index (χ2n) is 5.69. The van der Waals surface area contributed by atoms with E-state index in [4.69, 9.17) is 15.7 Å². The zero-order valence-electron chi connectivity index (χ0n) is 11.8. The molecule has 1 aromatic rings. The normalized spacial score (nSPS) is 25.9. The summed E-state index contributed by atoms with van der Waals surface area (Å²) in [4.78, 5) is 0. The van der Waals surface area contributed by atoms with Crippen LogP contribution in [0.2, 0.25) is 0 Å². The van der Waals surface area contributed by atoms with E-state index in [0.29, 0.717) is 6.04 Å². The van der Waals surface area contributed by atoms with Gasteiger partial charge in [-0.2, -0.15) is 16.9 Å². The van der Waals surface area contributed by atoms with Crippen LogP contribution in [0.15, 0.2) is 12.3 Å². The molecular formula is C14H24N4OS. The quantitative estimate of drug-likeness (QED) is 0.637. The lowest BCUT2D eigenvalue weighted by molar-refractivity contribution is 0.0469. The largest absolute Gasteiger partial charge is 0.375 e. The number of hydrogen-bond donors (Lipinski definition) is 2. The molecule has 5 nitrogen and oxygen atoms in total. The van der Waals surface area contributed by atoms with E-state index in [-0.39, 0.29) is 12.1 Å². The molecule has 1 saturated heterocycles. The predicted molar refractivity (Wildman–Crippen MR) is 81.6 cm³/mol. The van der Waals surface area contributed by atoms with Crippen molar-refractivity contribution in [3.05, 3.63) is 18.0 Å². The van der Waals surface area contributed by atoms with Crippen LogP contribution in [-0.2, 0) is 11.2 Å². The highest BCUT2D eigenvalue weighted by atomic mass is 32.2. The molecule has 2 atom stereocenters. The van der Waals surface area contributed by atoms with Crippen molar-refractivity contribution in [2.75, 3.05) is 18.1 Å². The summed E-state index contributed by atoms with van der Waals surface area (Å²) < 4.78 is 7.96. The van der Waals surface area contributed by atoms with Crippen LogP contribution in [0, 0.1) is 0 Å². The van der Waals surface area contributed by atoms with Crippen LogP contribution in [0.5, 0.6) is 0 Å². The standard InChI is InChI=1S/C14H24N4OS/c15-16-13(14-10-20-8-7-19-14)9-11-5-6-18(17-11)12-3-1-2-4-12/h5-6,12-14,16H,1-4,7-10,15H2. The van der Waals surface area contributed by atoms with Crippen molar-refractivity contribution in [2.45, 2.75) is 50.3 Å². The molecule has 1 aliphatic carbocycles. The molecule has 2 fully saturated rings. The summed E-state index contributed by atoms with van der Waals surface area (Å²) in [6.07, 6.45) is 8.34. The van der Waals surface area contributed by atoms with Gasteiger partial charge in [0.2, 0.25) is 0 Å². The molecule has 0 amide bonds. The minimum atomic E-state index is 0.148. The molecule has 1 aromatic heterocycles. The van der Waals surface area contributed by atoms with Gasteiger partial charge in [0.15, 0.2) is 0 Å². The Morgan fingerprint density at radius 2 is 2.35 bits per heavy atom. The Morgan fingerprint density at radius 3 is 3.05 bits per heavy atom. The van der Waals surface area contributed by atoms with Crippen LogP contribution in [0.3, 0.4) is 0 Å². The van der Waals surface area contributed by atoms with Crippen molar-refractivity contribution in [3.63, 3.8) is 0 Å². The number of nitrogens with two attached hydrogens (primary N) is 1. The summed E-state index contributed by atoms with van der Waals surface area (Å²) in [5.74, 6) is 7.81. The summed E-state index contributed by atoms with van der Waals surface area (Å²) in [6.45, 7) is 0.823. The van der Waals surface area contributed by atoms with Gasteiger partial charge in [0.1, 0.15) is 0 Å². The second-order valence-corrected chi connectivity index (χ2v) is 6.84. The SMILES string of the molecule is NNC(Cc1ccn(C2CCCC2)n1)C1CSCCO1. The first-order valence-electron chi connectivity index (χ1n) is 7.56. The fourth-order valence-electron chi connectivity index (χ4n) is 3.12. The minimum Gasteiger partial charge on any atom is -0.375 e. The molecule has 112 valence electrons. The monoisotopic (exact) mass is 296 g/mol. The fraction of sp³-hybridized carbons (Fsp3) is 0.786. The number of aromatic nitrogens is 2. The van der Waals surface area contributed by atoms with Crippen LogP contribution >= 0.6 is 11.8 Å². The highest BCUT2D eigenvalue weighted by Crippen LogP contribution is 2.28. The molecule has 0 spiro atoms. The molecule has 0 bridgehead atoms. The van der Waals surface area contributed by atoms with E-state index < -0.39 is 0 Å². The smallest absolute Gasteiger partial charge is 0.0835 e. The molecule has 0 aromatic carbocycles. The van der Waals surface area contributed by atoms with E-state index >= 15 is 0 Å². The average molecular weight is 296 g/mol. The maximum absolute atomic E-state index is 5.81. The van der Waals surface area contributed by atoms with Gasteiger partial charge in [0, 0.05) is 24.1 Å². The van der Waals surface area contributed by atoms with E-state index in [1.807, 2.05) is 11.8 Å². The number of nitrogens with one attached hydrogen (secondary N) is 1. The highest BCUT2D eigenvalue weighted by molar-refractivity contribution is 7.99. The predicted octanol–water partition coefficient (Wildman–Crippen LogP) is 1.50. The van der Waals surface area contributed by atoms with Crippen LogP contribution in [0.1, 0.15) is 37.4 Å². The van der Waals surface area contributed by atoms with Crippen LogP contribution in [0.4, 0.5) is 0 Å². The van der Waals surface area contributed by atoms with Crippen molar-refractivity contribution in [3.8, 4) is 0 Å². The van der Waals surface area contributed by atoms with Crippen LogP contribution in [-0.4, -0.2) is 40.0 Å². The van der Waals surface area contributed by atoms with Crippen molar-refractivity contribution in [1.82, 2.24) is 15.2 Å². The van der Waals surface area contributed by atoms with Gasteiger partial charge >= 0.3 is 0 Å². The maximum atomic E-state index is 5.81. The van der Waals surface area contributed by atoms with E-state index in [0.717, 1.165) is 30.2 Å². The van der Waals surface area contributed by atoms with E-state index in [1.54, 1.807) is 0 Å². The number of thioether (sulfide) groups is 1. The third-order valence-electron chi connectivity index (χ3n) is 4.30. The molecule has 3 N–H and O–H groups in total. The number of nitrogens with zero attached hydrogens (tertiary/aromatic N) is 2. The lowest BCUT2D eigenvalue weighted by Crippen LogP contribution is -2.49. The van der Waals surface area contributed by atoms with Gasteiger partial charge < -0.3 is 4.74 Å². The lowest BCUT2D eigenvalue weighted by atomic mass is 10.1. The molecule has 3 rings (SSSR count). The summed E-state index contributed by atoms with van der Waals surface area (Å²) in [7, 11) is 0. The molecule has 20 heavy (non-hydrogen) atoms. The van der Waals surface area contributed by atoms with E-state index in [9.17, 15) is 0 Å². The first-order valence-corrected chi connectivity index (χ1v) is 8.72. The molecule has 1 saturated carbocycles. The third-order valence-corrected chi connectivity index (χ3v) is 5.32. The Morgan fingerprint density at radius 1 is 1.50 bits per heavy atom. The molecule has 2 heterocycles. The van der Waals surface area contributed by atoms with Crippen molar-refractivity contribution in [1.29, 1.82) is 0 Å². The lowest BCUT2D eigenvalue weighted by Gasteiger charge is -2.29. The fourth-order valence-corrected chi connectivity index (χ4v) is 4.06. The average Bonchev–Trinajstić information content (AvgIpc) is 3.16. The Labute approximate surface area is 124 Å². The Bertz CT molecular complexity index is 413. The number of hydrogen-bond acceptors (Lipinski definition) is 5. The molecule has 6 heteroatoms. The minimum absolute atomic E-state index is 0.148. The number of hydrazine groups is 1. The Kier molecular flexibility index (Phi) is 4.99. The summed E-state index contributed by atoms with van der Waals surface area (Å²) in [5, 5.41) is 4.73. The number of rotatable bonds is 5. The van der Waals surface area contributed by atoms with Gasteiger partial charge in [-0.1, -0.05) is 12.8 Å². The summed E-state index contributed by atoms with van der Waals surface area (Å²) >= 11 is 1.94. The van der Waals surface area contributed by atoms with Gasteiger partial charge in [-0.25, -0.2) is 0 Å². The van der Waals surface area contributed by atoms with Gasteiger partial charge in [-0.15, -0.1) is 0 Å². The van der Waals surface area contributed by atoms with Crippen molar-refractivity contribution >= 4 is 11.8 Å². The van der Waals surface area contributed by atoms with Crippen molar-refractivity contribution in [2.24, 2.45) is 5.84 Å². The van der Waals surface area contributed by atoms with Crippen LogP contribution in [0.25, 0.3) is 0 Å². The zero-order chi connectivity index (χ0) is 13.8. The maximum Gasteiger partial charge on any atom is 0.0835 e. The number of ether oxygens (including phenoxy) is 1. The molecule has 2 aliphatic rings. The molecule has 0 radical (unpaired) electrons. The molecular weight excluding hydrogens is 272 g/mol.